The third-order valence-electron chi connectivity index (χ3n) is 22.5. The van der Waals surface area contributed by atoms with Crippen LogP contribution in [0.1, 0.15) is 246 Å². The van der Waals surface area contributed by atoms with Gasteiger partial charge in [0.05, 0.1) is 39.6 Å². The maximum atomic E-state index is 12.6. The fraction of sp³-hybridized carbons (Fsp3) is 0.811. The van der Waals surface area contributed by atoms with Gasteiger partial charge in [0.1, 0.15) is 0 Å². The molecule has 4 bridgehead atoms. The Morgan fingerprint density at radius 1 is 0.349 bits per heavy atom. The lowest BCUT2D eigenvalue weighted by Crippen LogP contribution is -2.35. The lowest BCUT2D eigenvalue weighted by atomic mass is 9.61. The van der Waals surface area contributed by atoms with Crippen LogP contribution < -0.4 is 0 Å². The van der Waals surface area contributed by atoms with E-state index in [0.717, 1.165) is 101 Å². The third kappa shape index (κ3) is 21.8. The standard InChI is InChI=1S/C74H116O12/c1-7-9-11-13-16-22-28-56-32-31-55(27-21-12-10-8-2)61(29-23-17-14-19-25-37-81-69(75)33-35-71(77)83-47-53-39-63-57-43-59(49-85-73(79)51(3)4)65(45-57)67(63)41-53)62(56)30-24-18-15-20-26-38-82-70(76)34-36-72(78)84-48-54-40-64-58-44-60(50-86-74(80)52(5)6)66(46-58)68(64)42-54/h33-36,53-68H,3,5,7-32,37-50H2,1-2,4,6H3/b35-33+,36-34+/t53?,54?,55?,56?,57?,58?,59?,60?,61?,62?,63-,64+,65?,66?,67-,68+/m0/s1. The summed E-state index contributed by atoms with van der Waals surface area (Å²) in [4.78, 5) is 74.3. The molecule has 0 aliphatic heterocycles. The van der Waals surface area contributed by atoms with E-state index in [9.17, 15) is 28.8 Å². The molecular formula is C74H116O12. The SMILES string of the molecule is C=C(C)C(=O)OCC1CC2CC1[C@H]1CC(COC(=O)/C=C/C(=O)OCCCCCCCC3C(CCCCCC)CCC(CCCCCCCC)C3CCCCCCCOC(=O)/C=C/C(=O)OCC3C[C@@H]4C5CC(COC(=O)C(=C)C)C(C5)[C@@H]4C3)C[C@@H]21. The monoisotopic (exact) mass is 1200 g/mol. The minimum Gasteiger partial charge on any atom is -0.463 e. The molecule has 0 heterocycles. The summed E-state index contributed by atoms with van der Waals surface area (Å²) < 4.78 is 33.3. The van der Waals surface area contributed by atoms with Gasteiger partial charge in [0.25, 0.3) is 0 Å². The Balaban J connectivity index is 0.753. The van der Waals surface area contributed by atoms with Gasteiger partial charge in [0.15, 0.2) is 0 Å². The first-order valence-corrected chi connectivity index (χ1v) is 35.4. The van der Waals surface area contributed by atoms with Crippen molar-refractivity contribution in [3.05, 3.63) is 48.6 Å². The Bertz CT molecular complexity index is 2210. The quantitative estimate of drug-likeness (QED) is 0.0247. The average molecular weight is 1200 g/mol. The van der Waals surface area contributed by atoms with Gasteiger partial charge in [-0.1, -0.05) is 155 Å². The van der Waals surface area contributed by atoms with Crippen molar-refractivity contribution >= 4 is 35.8 Å². The molecule has 0 spiro atoms. The number of fused-ring (bicyclic) bond motifs is 10. The summed E-state index contributed by atoms with van der Waals surface area (Å²) in [6, 6.07) is 0. The highest BCUT2D eigenvalue weighted by atomic mass is 16.6. The van der Waals surface area contributed by atoms with E-state index in [1.54, 1.807) is 13.8 Å². The van der Waals surface area contributed by atoms with Crippen molar-refractivity contribution in [1.82, 2.24) is 0 Å². The normalized spacial score (nSPS) is 30.4. The minimum absolute atomic E-state index is 0.304. The molecule has 484 valence electrons. The van der Waals surface area contributed by atoms with E-state index in [2.05, 4.69) is 27.0 Å². The van der Waals surface area contributed by atoms with E-state index in [0.29, 0.717) is 122 Å². The Morgan fingerprint density at radius 3 is 1.08 bits per heavy atom. The second-order valence-corrected chi connectivity index (χ2v) is 28.6. The lowest BCUT2D eigenvalue weighted by molar-refractivity contribution is -0.142. The zero-order valence-corrected chi connectivity index (χ0v) is 54.1. The molecule has 12 heteroatoms. The Labute approximate surface area is 519 Å². The highest BCUT2D eigenvalue weighted by Crippen LogP contribution is 2.63. The maximum absolute atomic E-state index is 12.6. The van der Waals surface area contributed by atoms with Crippen molar-refractivity contribution in [3.8, 4) is 0 Å². The fourth-order valence-electron chi connectivity index (χ4n) is 18.3. The van der Waals surface area contributed by atoms with Gasteiger partial charge >= 0.3 is 35.8 Å². The molecule has 7 fully saturated rings. The van der Waals surface area contributed by atoms with E-state index >= 15 is 0 Å². The smallest absolute Gasteiger partial charge is 0.333 e. The molecule has 0 aromatic carbocycles. The highest BCUT2D eigenvalue weighted by molar-refractivity contribution is 5.92. The number of carbonyl (C=O) groups excluding carboxylic acids is 6. The zero-order valence-electron chi connectivity index (χ0n) is 54.1. The van der Waals surface area contributed by atoms with Crippen LogP contribution in [0, 0.1) is 94.7 Å². The largest absolute Gasteiger partial charge is 0.463 e. The number of carbonyl (C=O) groups is 6. The summed E-state index contributed by atoms with van der Waals surface area (Å²) >= 11 is 0. The number of hydrogen-bond donors (Lipinski definition) is 0. The van der Waals surface area contributed by atoms with Crippen molar-refractivity contribution in [2.75, 3.05) is 39.6 Å². The highest BCUT2D eigenvalue weighted by Gasteiger charge is 2.57. The predicted molar refractivity (Wildman–Crippen MR) is 338 cm³/mol. The molecule has 0 aromatic rings. The first-order chi connectivity index (χ1) is 41.7. The molecule has 7 aliphatic rings. The summed E-state index contributed by atoms with van der Waals surface area (Å²) in [5, 5.41) is 0. The van der Waals surface area contributed by atoms with Gasteiger partial charge in [0, 0.05) is 35.5 Å². The van der Waals surface area contributed by atoms with Crippen LogP contribution in [0.25, 0.3) is 0 Å². The van der Waals surface area contributed by atoms with Crippen molar-refractivity contribution in [3.63, 3.8) is 0 Å². The van der Waals surface area contributed by atoms with Gasteiger partial charge < -0.3 is 28.4 Å². The van der Waals surface area contributed by atoms with Crippen LogP contribution in [-0.2, 0) is 57.2 Å². The Hall–Kier alpha value is -4.22. The average Bonchev–Trinajstić information content (AvgIpc) is 1.84. The van der Waals surface area contributed by atoms with Gasteiger partial charge in [-0.25, -0.2) is 28.8 Å². The third-order valence-corrected chi connectivity index (χ3v) is 22.5. The van der Waals surface area contributed by atoms with Crippen molar-refractivity contribution in [1.29, 1.82) is 0 Å². The van der Waals surface area contributed by atoms with Crippen molar-refractivity contribution in [2.24, 2.45) is 94.7 Å². The van der Waals surface area contributed by atoms with Gasteiger partial charge in [-0.15, -0.1) is 0 Å². The number of rotatable bonds is 42. The van der Waals surface area contributed by atoms with E-state index in [1.165, 1.54) is 166 Å². The molecule has 0 aromatic heterocycles. The first-order valence-electron chi connectivity index (χ1n) is 35.4. The molecule has 0 N–H and O–H groups in total. The van der Waals surface area contributed by atoms with Gasteiger partial charge in [-0.3, -0.25) is 0 Å². The summed E-state index contributed by atoms with van der Waals surface area (Å²) in [5.41, 5.74) is 0.881. The molecule has 12 unspecified atom stereocenters. The van der Waals surface area contributed by atoms with Crippen LogP contribution >= 0.6 is 0 Å². The van der Waals surface area contributed by atoms with E-state index in [1.807, 2.05) is 0 Å². The maximum Gasteiger partial charge on any atom is 0.333 e. The van der Waals surface area contributed by atoms with E-state index < -0.39 is 23.9 Å². The second kappa shape index (κ2) is 37.1. The van der Waals surface area contributed by atoms with Crippen LogP contribution in [0.5, 0.6) is 0 Å². The van der Waals surface area contributed by atoms with Crippen LogP contribution in [0.4, 0.5) is 0 Å². The predicted octanol–water partition coefficient (Wildman–Crippen LogP) is 16.8. The molecule has 0 radical (unpaired) electrons. The molecule has 12 nitrogen and oxygen atoms in total. The van der Waals surface area contributed by atoms with E-state index in [4.69, 9.17) is 28.4 Å². The lowest BCUT2D eigenvalue weighted by Gasteiger charge is -2.44. The fourth-order valence-corrected chi connectivity index (χ4v) is 18.3. The molecule has 16 atom stereocenters. The number of hydrogen-bond acceptors (Lipinski definition) is 12. The van der Waals surface area contributed by atoms with Gasteiger partial charge in [-0.2, -0.15) is 0 Å². The molecule has 86 heavy (non-hydrogen) atoms. The molecule has 0 amide bonds. The summed E-state index contributed by atoms with van der Waals surface area (Å²) in [5.74, 6) is 7.20. The molecule has 7 aliphatic carbocycles. The Morgan fingerprint density at radius 2 is 0.686 bits per heavy atom. The summed E-state index contributed by atoms with van der Waals surface area (Å²) in [6.45, 7) is 17.8. The summed E-state index contributed by atoms with van der Waals surface area (Å²) in [6.07, 6.45) is 46.2. The number of ether oxygens (including phenoxy) is 6. The molecule has 0 saturated heterocycles. The first kappa shape index (κ1) is 69.3. The minimum atomic E-state index is -0.496. The van der Waals surface area contributed by atoms with Crippen molar-refractivity contribution < 1.29 is 57.2 Å². The summed E-state index contributed by atoms with van der Waals surface area (Å²) in [7, 11) is 0. The second-order valence-electron chi connectivity index (χ2n) is 28.6. The molecular weight excluding hydrogens is 1080 g/mol. The number of unbranched alkanes of at least 4 members (excludes halogenated alkanes) is 16. The van der Waals surface area contributed by atoms with Gasteiger partial charge in [0.2, 0.25) is 0 Å². The van der Waals surface area contributed by atoms with E-state index in [-0.39, 0.29) is 11.9 Å². The molecule has 7 rings (SSSR count). The van der Waals surface area contributed by atoms with Crippen LogP contribution in [0.15, 0.2) is 48.6 Å². The topological polar surface area (TPSA) is 158 Å². The van der Waals surface area contributed by atoms with Crippen LogP contribution in [0.2, 0.25) is 0 Å². The van der Waals surface area contributed by atoms with Crippen LogP contribution in [0.3, 0.4) is 0 Å². The van der Waals surface area contributed by atoms with Gasteiger partial charge in [-0.05, 0) is 198 Å². The Kier molecular flexibility index (Phi) is 29.8. The molecule has 7 saturated carbocycles. The number of esters is 6. The van der Waals surface area contributed by atoms with Crippen LogP contribution in [-0.4, -0.2) is 75.5 Å². The zero-order chi connectivity index (χ0) is 61.2. The van der Waals surface area contributed by atoms with Crippen molar-refractivity contribution in [2.45, 2.75) is 246 Å².